The Labute approximate surface area is 160 Å². The molecule has 144 valence electrons. The summed E-state index contributed by atoms with van der Waals surface area (Å²) in [5.74, 6) is 2.26. The third kappa shape index (κ3) is 4.73. The number of aromatic nitrogens is 5. The first-order chi connectivity index (χ1) is 13.5. The maximum absolute atomic E-state index is 14.4. The Kier molecular flexibility index (Phi) is 6.03. The lowest BCUT2D eigenvalue weighted by Gasteiger charge is -2.21. The largest absolute Gasteiger partial charge is 0.384 e. The monoisotopic (exact) mass is 385 g/mol. The highest BCUT2D eigenvalue weighted by atomic mass is 19.3. The van der Waals surface area contributed by atoms with Crippen molar-refractivity contribution >= 4 is 0 Å². The number of hydrogen-bond acceptors (Lipinski definition) is 6. The van der Waals surface area contributed by atoms with E-state index in [-0.39, 0.29) is 0 Å². The molecule has 3 aromatic rings. The molecule has 1 atom stereocenters. The third-order valence-electron chi connectivity index (χ3n) is 3.89. The number of benzene rings is 1. The van der Waals surface area contributed by atoms with E-state index in [9.17, 15) is 13.9 Å². The van der Waals surface area contributed by atoms with E-state index in [1.807, 2.05) is 24.3 Å². The van der Waals surface area contributed by atoms with Gasteiger partial charge in [-0.1, -0.05) is 24.0 Å². The number of nitrogens with zero attached hydrogens (tertiary/aromatic N) is 5. The summed E-state index contributed by atoms with van der Waals surface area (Å²) in [6, 6.07) is 10.1. The number of tetrazole rings is 1. The Morgan fingerprint density at radius 1 is 1.14 bits per heavy atom. The summed E-state index contributed by atoms with van der Waals surface area (Å²) >= 11 is 0. The van der Waals surface area contributed by atoms with Crippen LogP contribution in [0.2, 0.25) is 0 Å². The fourth-order valence-corrected chi connectivity index (χ4v) is 2.39. The van der Waals surface area contributed by atoms with E-state index < -0.39 is 24.3 Å². The summed E-state index contributed by atoms with van der Waals surface area (Å²) < 4.78 is 34.8. The zero-order chi connectivity index (χ0) is 20.0. The van der Waals surface area contributed by atoms with Crippen molar-refractivity contribution in [3.05, 3.63) is 71.3 Å². The molecule has 0 aliphatic rings. The van der Waals surface area contributed by atoms with E-state index in [0.717, 1.165) is 28.2 Å². The van der Waals surface area contributed by atoms with Crippen molar-refractivity contribution in [2.75, 3.05) is 7.11 Å². The quantitative estimate of drug-likeness (QED) is 0.651. The highest BCUT2D eigenvalue weighted by Crippen LogP contribution is 2.31. The Morgan fingerprint density at radius 3 is 2.46 bits per heavy atom. The molecule has 0 radical (unpaired) electrons. The lowest BCUT2D eigenvalue weighted by atomic mass is 10.1. The molecule has 0 bridgehead atoms. The molecule has 1 aromatic carbocycles. The van der Waals surface area contributed by atoms with E-state index in [1.165, 1.54) is 12.3 Å². The van der Waals surface area contributed by atoms with Crippen molar-refractivity contribution in [1.82, 2.24) is 25.2 Å². The number of rotatable bonds is 6. The van der Waals surface area contributed by atoms with Crippen LogP contribution in [0, 0.1) is 11.8 Å². The molecule has 0 saturated carbocycles. The summed E-state index contributed by atoms with van der Waals surface area (Å²) in [6.07, 6.45) is 0.373. The number of aliphatic hydroxyl groups excluding tert-OH is 1. The van der Waals surface area contributed by atoms with Gasteiger partial charge in [0.25, 0.3) is 0 Å². The van der Waals surface area contributed by atoms with Gasteiger partial charge in [-0.05, 0) is 40.3 Å². The van der Waals surface area contributed by atoms with Gasteiger partial charge in [-0.25, -0.2) is 4.68 Å². The summed E-state index contributed by atoms with van der Waals surface area (Å²) in [6.45, 7) is 0.0644. The number of halogens is 2. The minimum absolute atomic E-state index is 0.456. The molecule has 0 aliphatic carbocycles. The zero-order valence-electron chi connectivity index (χ0n) is 15.0. The second kappa shape index (κ2) is 8.65. The molecule has 1 unspecified atom stereocenters. The lowest BCUT2D eigenvalue weighted by Crippen LogP contribution is -2.35. The standard InChI is InChI=1S/C19H17F2N5O2/c1-28-12-16-6-3-14(4-7-16)2-5-15-8-9-17(22-10-15)19(20,21)18(27)11-26-13-23-24-25-26/h3-4,6-10,13,18,27H,11-12H2,1H3. The van der Waals surface area contributed by atoms with Crippen molar-refractivity contribution in [3.63, 3.8) is 0 Å². The number of aliphatic hydroxyl groups is 1. The summed E-state index contributed by atoms with van der Waals surface area (Å²) in [4.78, 5) is 3.76. The molecule has 2 heterocycles. The van der Waals surface area contributed by atoms with Gasteiger partial charge in [0, 0.05) is 24.4 Å². The molecular formula is C19H17F2N5O2. The summed E-state index contributed by atoms with van der Waals surface area (Å²) in [5, 5.41) is 20.0. The fourth-order valence-electron chi connectivity index (χ4n) is 2.39. The molecule has 0 fully saturated rings. The van der Waals surface area contributed by atoms with E-state index in [0.29, 0.717) is 12.2 Å². The Hall–Kier alpha value is -3.22. The SMILES string of the molecule is COCc1ccc(C#Cc2ccc(C(F)(F)C(O)Cn3cnnn3)nc2)cc1. The van der Waals surface area contributed by atoms with Gasteiger partial charge >= 0.3 is 5.92 Å². The summed E-state index contributed by atoms with van der Waals surface area (Å²) in [5.41, 5.74) is 1.74. The van der Waals surface area contributed by atoms with Crippen LogP contribution in [0.4, 0.5) is 8.78 Å². The minimum atomic E-state index is -3.56. The molecule has 1 N–H and O–H groups in total. The van der Waals surface area contributed by atoms with Gasteiger partial charge in [0.15, 0.2) is 0 Å². The first-order valence-electron chi connectivity index (χ1n) is 8.32. The molecule has 0 spiro atoms. The molecule has 0 saturated heterocycles. The van der Waals surface area contributed by atoms with E-state index >= 15 is 0 Å². The van der Waals surface area contributed by atoms with Crippen LogP contribution in [0.25, 0.3) is 0 Å². The Bertz CT molecular complexity index is 949. The minimum Gasteiger partial charge on any atom is -0.384 e. The van der Waals surface area contributed by atoms with Gasteiger partial charge in [0.05, 0.1) is 13.2 Å². The van der Waals surface area contributed by atoms with E-state index in [4.69, 9.17) is 4.74 Å². The van der Waals surface area contributed by atoms with Crippen LogP contribution in [0.5, 0.6) is 0 Å². The van der Waals surface area contributed by atoms with Crippen LogP contribution in [0.1, 0.15) is 22.4 Å². The van der Waals surface area contributed by atoms with Crippen LogP contribution < -0.4 is 0 Å². The average Bonchev–Trinajstić information content (AvgIpc) is 3.21. The summed E-state index contributed by atoms with van der Waals surface area (Å²) in [7, 11) is 1.62. The van der Waals surface area contributed by atoms with Crippen LogP contribution in [0.15, 0.2) is 48.9 Å². The van der Waals surface area contributed by atoms with Crippen molar-refractivity contribution in [2.24, 2.45) is 0 Å². The molecule has 0 amide bonds. The van der Waals surface area contributed by atoms with Crippen LogP contribution >= 0.6 is 0 Å². The Morgan fingerprint density at radius 2 is 1.86 bits per heavy atom. The molecular weight excluding hydrogens is 368 g/mol. The second-order valence-corrected chi connectivity index (χ2v) is 5.98. The van der Waals surface area contributed by atoms with Gasteiger partial charge in [-0.15, -0.1) is 5.10 Å². The smallest absolute Gasteiger partial charge is 0.316 e. The maximum Gasteiger partial charge on any atom is 0.316 e. The van der Waals surface area contributed by atoms with Gasteiger partial charge in [-0.3, -0.25) is 4.98 Å². The zero-order valence-corrected chi connectivity index (χ0v) is 15.0. The molecule has 28 heavy (non-hydrogen) atoms. The number of methoxy groups -OCH3 is 1. The molecule has 3 rings (SSSR count). The van der Waals surface area contributed by atoms with Crippen LogP contribution in [-0.2, 0) is 23.8 Å². The average molecular weight is 385 g/mol. The highest BCUT2D eigenvalue weighted by molar-refractivity contribution is 5.42. The van der Waals surface area contributed by atoms with Gasteiger partial charge in [-0.2, -0.15) is 8.78 Å². The lowest BCUT2D eigenvalue weighted by molar-refractivity contribution is -0.124. The number of ether oxygens (including phenoxy) is 1. The fraction of sp³-hybridized carbons (Fsp3) is 0.263. The van der Waals surface area contributed by atoms with Gasteiger partial charge < -0.3 is 9.84 Å². The van der Waals surface area contributed by atoms with E-state index in [1.54, 1.807) is 7.11 Å². The number of hydrogen-bond donors (Lipinski definition) is 1. The molecule has 2 aromatic heterocycles. The first-order valence-corrected chi connectivity index (χ1v) is 8.32. The predicted octanol–water partition coefficient (Wildman–Crippen LogP) is 1.77. The topological polar surface area (TPSA) is 86.0 Å². The second-order valence-electron chi connectivity index (χ2n) is 5.98. The maximum atomic E-state index is 14.4. The molecule has 7 nitrogen and oxygen atoms in total. The van der Waals surface area contributed by atoms with Crippen molar-refractivity contribution in [1.29, 1.82) is 0 Å². The van der Waals surface area contributed by atoms with Gasteiger partial charge in [0.2, 0.25) is 0 Å². The number of pyridine rings is 1. The predicted molar refractivity (Wildman–Crippen MR) is 95.1 cm³/mol. The Balaban J connectivity index is 1.69. The van der Waals surface area contributed by atoms with Gasteiger partial charge in [0.1, 0.15) is 18.1 Å². The number of alkyl halides is 2. The van der Waals surface area contributed by atoms with Crippen LogP contribution in [0.3, 0.4) is 0 Å². The third-order valence-corrected chi connectivity index (χ3v) is 3.89. The van der Waals surface area contributed by atoms with Crippen molar-refractivity contribution < 1.29 is 18.6 Å². The van der Waals surface area contributed by atoms with Crippen LogP contribution in [-0.4, -0.2) is 43.5 Å². The van der Waals surface area contributed by atoms with Crippen molar-refractivity contribution in [2.45, 2.75) is 25.2 Å². The first kappa shape index (κ1) is 19.5. The van der Waals surface area contributed by atoms with Crippen molar-refractivity contribution in [3.8, 4) is 11.8 Å². The molecule has 0 aliphatic heterocycles. The molecule has 9 heteroatoms. The van der Waals surface area contributed by atoms with E-state index in [2.05, 4.69) is 32.4 Å². The highest BCUT2D eigenvalue weighted by Gasteiger charge is 2.42. The normalized spacial score (nSPS) is 12.3.